The Morgan fingerprint density at radius 1 is 1.57 bits per heavy atom. The van der Waals surface area contributed by atoms with Gasteiger partial charge in [0, 0.05) is 23.9 Å². The molecule has 0 saturated heterocycles. The Hall–Kier alpha value is -1.58. The number of fused-ring (bicyclic) bond motifs is 1. The van der Waals surface area contributed by atoms with Gasteiger partial charge >= 0.3 is 0 Å². The minimum atomic E-state index is -0.360. The number of hydrogen-bond donors (Lipinski definition) is 1. The van der Waals surface area contributed by atoms with Crippen molar-refractivity contribution in [2.75, 3.05) is 5.32 Å². The summed E-state index contributed by atoms with van der Waals surface area (Å²) >= 11 is 0. The Kier molecular flexibility index (Phi) is 2.11. The van der Waals surface area contributed by atoms with Crippen molar-refractivity contribution in [1.29, 1.82) is 0 Å². The number of nitrogens with zero attached hydrogens (tertiary/aromatic N) is 1. The molecule has 0 bridgehead atoms. The third kappa shape index (κ3) is 1.55. The second-order valence-corrected chi connectivity index (χ2v) is 3.68. The third-order valence-corrected chi connectivity index (χ3v) is 2.55. The molecule has 0 aromatic heterocycles. The Balaban J connectivity index is 2.37. The van der Waals surface area contributed by atoms with Crippen molar-refractivity contribution in [3.63, 3.8) is 0 Å². The van der Waals surface area contributed by atoms with E-state index in [0.29, 0.717) is 6.04 Å². The van der Waals surface area contributed by atoms with Crippen molar-refractivity contribution in [2.24, 2.45) is 0 Å². The standard InChI is InChI=1S/C10H12N2O2/c1-7-2-3-8-4-5-9(12(13)14)6-10(8)11-7/h4-7,11H,2-3H2,1H3/t7-/m0/s1. The lowest BCUT2D eigenvalue weighted by atomic mass is 9.99. The molecule has 1 aromatic rings. The number of non-ortho nitro benzene ring substituents is 1. The molecule has 0 unspecified atom stereocenters. The number of aryl methyl sites for hydroxylation is 1. The molecule has 0 aliphatic carbocycles. The molecular formula is C10H12N2O2. The third-order valence-electron chi connectivity index (χ3n) is 2.55. The number of nitro benzene ring substituents is 1. The fraction of sp³-hybridized carbons (Fsp3) is 0.400. The van der Waals surface area contributed by atoms with Crippen LogP contribution in [0.3, 0.4) is 0 Å². The summed E-state index contributed by atoms with van der Waals surface area (Å²) in [5, 5.41) is 13.8. The molecule has 0 fully saturated rings. The molecule has 1 heterocycles. The van der Waals surface area contributed by atoms with Crippen LogP contribution in [0.4, 0.5) is 11.4 Å². The fourth-order valence-electron chi connectivity index (χ4n) is 1.74. The van der Waals surface area contributed by atoms with Crippen molar-refractivity contribution >= 4 is 11.4 Å². The van der Waals surface area contributed by atoms with Gasteiger partial charge in [0.2, 0.25) is 0 Å². The first-order chi connectivity index (χ1) is 6.66. The molecule has 1 aliphatic heterocycles. The molecule has 4 heteroatoms. The van der Waals surface area contributed by atoms with E-state index in [9.17, 15) is 10.1 Å². The lowest BCUT2D eigenvalue weighted by Crippen LogP contribution is -2.21. The van der Waals surface area contributed by atoms with Crippen molar-refractivity contribution in [3.05, 3.63) is 33.9 Å². The number of hydrogen-bond acceptors (Lipinski definition) is 3. The summed E-state index contributed by atoms with van der Waals surface area (Å²) < 4.78 is 0. The number of anilines is 1. The summed E-state index contributed by atoms with van der Waals surface area (Å²) in [5.74, 6) is 0. The van der Waals surface area contributed by atoms with Crippen molar-refractivity contribution in [3.8, 4) is 0 Å². The van der Waals surface area contributed by atoms with E-state index in [4.69, 9.17) is 0 Å². The normalized spacial score (nSPS) is 19.6. The summed E-state index contributed by atoms with van der Waals surface area (Å²) in [6.07, 6.45) is 2.09. The highest BCUT2D eigenvalue weighted by atomic mass is 16.6. The molecule has 14 heavy (non-hydrogen) atoms. The molecular weight excluding hydrogens is 180 g/mol. The minimum absolute atomic E-state index is 0.158. The van der Waals surface area contributed by atoms with Gasteiger partial charge in [-0.3, -0.25) is 10.1 Å². The van der Waals surface area contributed by atoms with Crippen molar-refractivity contribution < 1.29 is 4.92 Å². The highest BCUT2D eigenvalue weighted by molar-refractivity contribution is 5.59. The first kappa shape index (κ1) is 8.99. The van der Waals surface area contributed by atoms with Gasteiger partial charge in [-0.05, 0) is 25.3 Å². The highest BCUT2D eigenvalue weighted by Gasteiger charge is 2.16. The van der Waals surface area contributed by atoms with Crippen LogP contribution in [0.2, 0.25) is 0 Å². The molecule has 4 nitrogen and oxygen atoms in total. The van der Waals surface area contributed by atoms with Gasteiger partial charge in [0.15, 0.2) is 0 Å². The predicted molar refractivity (Wildman–Crippen MR) is 54.5 cm³/mol. The maximum absolute atomic E-state index is 10.5. The molecule has 0 spiro atoms. The van der Waals surface area contributed by atoms with Gasteiger partial charge in [0.25, 0.3) is 5.69 Å². The molecule has 2 rings (SSSR count). The van der Waals surface area contributed by atoms with E-state index >= 15 is 0 Å². The van der Waals surface area contributed by atoms with E-state index in [2.05, 4.69) is 12.2 Å². The number of nitro groups is 1. The van der Waals surface area contributed by atoms with Crippen molar-refractivity contribution in [1.82, 2.24) is 0 Å². The number of nitrogens with one attached hydrogen (secondary N) is 1. The van der Waals surface area contributed by atoms with Gasteiger partial charge in [0.1, 0.15) is 0 Å². The van der Waals surface area contributed by atoms with E-state index in [1.54, 1.807) is 12.1 Å². The van der Waals surface area contributed by atoms with Gasteiger partial charge in [-0.15, -0.1) is 0 Å². The van der Waals surface area contributed by atoms with Crippen LogP contribution in [0, 0.1) is 10.1 Å². The van der Waals surface area contributed by atoms with Crippen LogP contribution in [-0.2, 0) is 6.42 Å². The fourth-order valence-corrected chi connectivity index (χ4v) is 1.74. The van der Waals surface area contributed by atoms with E-state index in [-0.39, 0.29) is 10.6 Å². The second kappa shape index (κ2) is 3.29. The molecule has 0 radical (unpaired) electrons. The topological polar surface area (TPSA) is 55.2 Å². The maximum Gasteiger partial charge on any atom is 0.271 e. The van der Waals surface area contributed by atoms with Gasteiger partial charge in [-0.25, -0.2) is 0 Å². The van der Waals surface area contributed by atoms with Gasteiger partial charge in [-0.2, -0.15) is 0 Å². The zero-order chi connectivity index (χ0) is 10.1. The zero-order valence-electron chi connectivity index (χ0n) is 7.99. The number of benzene rings is 1. The summed E-state index contributed by atoms with van der Waals surface area (Å²) in [6.45, 7) is 2.09. The summed E-state index contributed by atoms with van der Waals surface area (Å²) in [6, 6.07) is 5.43. The highest BCUT2D eigenvalue weighted by Crippen LogP contribution is 2.28. The maximum atomic E-state index is 10.5. The minimum Gasteiger partial charge on any atom is -0.382 e. The molecule has 1 aliphatic rings. The largest absolute Gasteiger partial charge is 0.382 e. The molecule has 0 saturated carbocycles. The SMILES string of the molecule is C[C@H]1CCc2ccc([N+](=O)[O-])cc2N1. The monoisotopic (exact) mass is 192 g/mol. The molecule has 1 aromatic carbocycles. The first-order valence-electron chi connectivity index (χ1n) is 4.70. The van der Waals surface area contributed by atoms with Crippen LogP contribution < -0.4 is 5.32 Å². The lowest BCUT2D eigenvalue weighted by molar-refractivity contribution is -0.384. The van der Waals surface area contributed by atoms with E-state index in [1.165, 1.54) is 5.56 Å². The average molecular weight is 192 g/mol. The summed E-state index contributed by atoms with van der Waals surface area (Å²) in [4.78, 5) is 10.2. The molecule has 1 atom stereocenters. The van der Waals surface area contributed by atoms with E-state index in [1.807, 2.05) is 6.07 Å². The summed E-state index contributed by atoms with van der Waals surface area (Å²) in [5.41, 5.74) is 2.25. The van der Waals surface area contributed by atoms with Crippen molar-refractivity contribution in [2.45, 2.75) is 25.8 Å². The quantitative estimate of drug-likeness (QED) is 0.548. The number of rotatable bonds is 1. The molecule has 0 amide bonds. The van der Waals surface area contributed by atoms with Crippen LogP contribution in [0.25, 0.3) is 0 Å². The Bertz CT molecular complexity index is 376. The van der Waals surface area contributed by atoms with Crippen LogP contribution >= 0.6 is 0 Å². The summed E-state index contributed by atoms with van der Waals surface area (Å²) in [7, 11) is 0. The predicted octanol–water partition coefficient (Wildman–Crippen LogP) is 2.34. The zero-order valence-corrected chi connectivity index (χ0v) is 7.99. The second-order valence-electron chi connectivity index (χ2n) is 3.68. The Morgan fingerprint density at radius 2 is 2.36 bits per heavy atom. The Morgan fingerprint density at radius 3 is 3.07 bits per heavy atom. The average Bonchev–Trinajstić information content (AvgIpc) is 2.16. The first-order valence-corrected chi connectivity index (χ1v) is 4.70. The molecule has 74 valence electrons. The van der Waals surface area contributed by atoms with Gasteiger partial charge < -0.3 is 5.32 Å². The van der Waals surface area contributed by atoms with Gasteiger partial charge in [0.05, 0.1) is 4.92 Å². The van der Waals surface area contributed by atoms with Gasteiger partial charge in [-0.1, -0.05) is 6.07 Å². The molecule has 1 N–H and O–H groups in total. The van der Waals surface area contributed by atoms with Crippen LogP contribution in [0.1, 0.15) is 18.9 Å². The smallest absolute Gasteiger partial charge is 0.271 e. The van der Waals surface area contributed by atoms with E-state index < -0.39 is 0 Å². The Labute approximate surface area is 82.1 Å². The van der Waals surface area contributed by atoms with Crippen LogP contribution in [-0.4, -0.2) is 11.0 Å². The van der Waals surface area contributed by atoms with Crippen LogP contribution in [0.15, 0.2) is 18.2 Å². The van der Waals surface area contributed by atoms with E-state index in [0.717, 1.165) is 18.5 Å². The van der Waals surface area contributed by atoms with Crippen LogP contribution in [0.5, 0.6) is 0 Å². The lowest BCUT2D eigenvalue weighted by Gasteiger charge is -2.23.